The van der Waals surface area contributed by atoms with Crippen LogP contribution in [0.15, 0.2) is 47.4 Å². The third-order valence-corrected chi connectivity index (χ3v) is 5.49. The summed E-state index contributed by atoms with van der Waals surface area (Å²) in [6.07, 6.45) is -0.231. The third kappa shape index (κ3) is 3.57. The minimum Gasteiger partial charge on any atom is -0.487 e. The van der Waals surface area contributed by atoms with Crippen LogP contribution in [0.1, 0.15) is 13.8 Å². The van der Waals surface area contributed by atoms with E-state index in [4.69, 9.17) is 16.3 Å². The molecule has 1 atom stereocenters. The van der Waals surface area contributed by atoms with Gasteiger partial charge in [0.15, 0.2) is 0 Å². The van der Waals surface area contributed by atoms with E-state index in [-0.39, 0.29) is 16.9 Å². The van der Waals surface area contributed by atoms with Gasteiger partial charge in [-0.2, -0.15) is 0 Å². The van der Waals surface area contributed by atoms with Crippen LogP contribution in [-0.4, -0.2) is 27.0 Å². The molecule has 0 fully saturated rings. The van der Waals surface area contributed by atoms with Crippen molar-refractivity contribution in [2.45, 2.75) is 24.8 Å². The summed E-state index contributed by atoms with van der Waals surface area (Å²) in [4.78, 5) is 13.4. The second kappa shape index (κ2) is 6.57. The van der Waals surface area contributed by atoms with Gasteiger partial charge in [-0.1, -0.05) is 23.7 Å². The van der Waals surface area contributed by atoms with E-state index in [0.29, 0.717) is 28.7 Å². The van der Waals surface area contributed by atoms with E-state index in [9.17, 15) is 13.2 Å². The number of carbonyl (C=O) groups is 1. The Morgan fingerprint density at radius 2 is 2.00 bits per heavy atom. The second-order valence-corrected chi connectivity index (χ2v) is 7.86. The summed E-state index contributed by atoms with van der Waals surface area (Å²) in [5.74, 6) is 0.234. The SMILES string of the molecule is CC(=O)N1CC(C)Oc2cc(S(=O)(=O)Nc3ccccc3Cl)ccc21. The summed E-state index contributed by atoms with van der Waals surface area (Å²) in [5, 5.41) is 0.302. The first-order valence-electron chi connectivity index (χ1n) is 7.64. The first-order chi connectivity index (χ1) is 11.8. The molecule has 132 valence electrons. The van der Waals surface area contributed by atoms with E-state index >= 15 is 0 Å². The normalized spacial score (nSPS) is 16.8. The number of anilines is 2. The van der Waals surface area contributed by atoms with Gasteiger partial charge in [-0.15, -0.1) is 0 Å². The molecule has 6 nitrogen and oxygen atoms in total. The number of amides is 1. The Morgan fingerprint density at radius 1 is 1.28 bits per heavy atom. The maximum atomic E-state index is 12.6. The summed E-state index contributed by atoms with van der Waals surface area (Å²) < 4.78 is 33.4. The van der Waals surface area contributed by atoms with Gasteiger partial charge in [-0.25, -0.2) is 8.42 Å². The highest BCUT2D eigenvalue weighted by Crippen LogP contribution is 2.36. The number of sulfonamides is 1. The molecule has 0 radical (unpaired) electrons. The number of fused-ring (bicyclic) bond motifs is 1. The lowest BCUT2D eigenvalue weighted by atomic mass is 10.2. The fraction of sp³-hybridized carbons (Fsp3) is 0.235. The standard InChI is InChI=1S/C17H17ClN2O4S/c1-11-10-20(12(2)21)16-8-7-13(9-17(16)24-11)25(22,23)19-15-6-4-3-5-14(15)18/h3-9,11,19H,10H2,1-2H3. The first-order valence-corrected chi connectivity index (χ1v) is 9.50. The van der Waals surface area contributed by atoms with Crippen molar-refractivity contribution in [3.8, 4) is 5.75 Å². The summed E-state index contributed by atoms with van der Waals surface area (Å²) >= 11 is 6.01. The number of halogens is 1. The van der Waals surface area contributed by atoms with E-state index in [0.717, 1.165) is 0 Å². The molecule has 0 aliphatic carbocycles. The molecule has 25 heavy (non-hydrogen) atoms. The van der Waals surface area contributed by atoms with Crippen molar-refractivity contribution in [1.82, 2.24) is 0 Å². The van der Waals surface area contributed by atoms with Gasteiger partial charge in [0.25, 0.3) is 10.0 Å². The number of benzene rings is 2. The Labute approximate surface area is 151 Å². The topological polar surface area (TPSA) is 75.7 Å². The predicted molar refractivity (Wildman–Crippen MR) is 96.8 cm³/mol. The minimum atomic E-state index is -3.84. The zero-order valence-corrected chi connectivity index (χ0v) is 15.3. The van der Waals surface area contributed by atoms with Gasteiger partial charge in [-0.3, -0.25) is 9.52 Å². The quantitative estimate of drug-likeness (QED) is 0.886. The summed E-state index contributed by atoms with van der Waals surface area (Å²) in [5.41, 5.74) is 0.851. The van der Waals surface area contributed by atoms with Gasteiger partial charge in [0.1, 0.15) is 11.9 Å². The number of ether oxygens (including phenoxy) is 1. The molecular formula is C17H17ClN2O4S. The van der Waals surface area contributed by atoms with Gasteiger partial charge in [0.2, 0.25) is 5.91 Å². The first kappa shape index (κ1) is 17.6. The van der Waals surface area contributed by atoms with Crippen molar-refractivity contribution < 1.29 is 17.9 Å². The monoisotopic (exact) mass is 380 g/mol. The van der Waals surface area contributed by atoms with Crippen LogP contribution in [0.3, 0.4) is 0 Å². The molecule has 1 heterocycles. The summed E-state index contributed by atoms with van der Waals surface area (Å²) in [7, 11) is -3.84. The number of para-hydroxylation sites is 1. The molecule has 0 spiro atoms. The van der Waals surface area contributed by atoms with Gasteiger partial charge < -0.3 is 9.64 Å². The minimum absolute atomic E-state index is 0.0313. The van der Waals surface area contributed by atoms with Crippen LogP contribution in [0.5, 0.6) is 5.75 Å². The molecule has 0 saturated heterocycles. The van der Waals surface area contributed by atoms with Crippen LogP contribution in [-0.2, 0) is 14.8 Å². The molecule has 2 aromatic rings. The zero-order chi connectivity index (χ0) is 18.2. The van der Waals surface area contributed by atoms with Crippen LogP contribution in [0.25, 0.3) is 0 Å². The molecule has 1 unspecified atom stereocenters. The van der Waals surface area contributed by atoms with Crippen molar-refractivity contribution in [3.63, 3.8) is 0 Å². The van der Waals surface area contributed by atoms with E-state index in [1.165, 1.54) is 19.1 Å². The maximum absolute atomic E-state index is 12.6. The molecule has 1 aliphatic rings. The number of nitrogens with one attached hydrogen (secondary N) is 1. The number of nitrogens with zero attached hydrogens (tertiary/aromatic N) is 1. The summed E-state index contributed by atoms with van der Waals surface area (Å²) in [6, 6.07) is 11.0. The Kier molecular flexibility index (Phi) is 4.62. The van der Waals surface area contributed by atoms with Crippen LogP contribution in [0.4, 0.5) is 11.4 Å². The molecule has 1 N–H and O–H groups in total. The van der Waals surface area contributed by atoms with Gasteiger partial charge in [0, 0.05) is 13.0 Å². The molecule has 3 rings (SSSR count). The fourth-order valence-corrected chi connectivity index (χ4v) is 3.97. The second-order valence-electron chi connectivity index (χ2n) is 5.77. The van der Waals surface area contributed by atoms with Crippen molar-refractivity contribution >= 4 is 38.9 Å². The van der Waals surface area contributed by atoms with Crippen LogP contribution < -0.4 is 14.4 Å². The number of rotatable bonds is 3. The maximum Gasteiger partial charge on any atom is 0.262 e. The molecule has 8 heteroatoms. The van der Waals surface area contributed by atoms with E-state index in [1.54, 1.807) is 35.2 Å². The molecule has 1 aliphatic heterocycles. The largest absolute Gasteiger partial charge is 0.487 e. The molecule has 0 saturated carbocycles. The molecule has 1 amide bonds. The van der Waals surface area contributed by atoms with Gasteiger partial charge in [0.05, 0.1) is 27.8 Å². The van der Waals surface area contributed by atoms with Crippen molar-refractivity contribution in [2.24, 2.45) is 0 Å². The van der Waals surface area contributed by atoms with E-state index in [2.05, 4.69) is 4.72 Å². The number of hydrogen-bond donors (Lipinski definition) is 1. The van der Waals surface area contributed by atoms with E-state index in [1.807, 2.05) is 6.92 Å². The lowest BCUT2D eigenvalue weighted by Crippen LogP contribution is -2.41. The predicted octanol–water partition coefficient (Wildman–Crippen LogP) is 3.27. The van der Waals surface area contributed by atoms with Crippen LogP contribution >= 0.6 is 11.6 Å². The lowest BCUT2D eigenvalue weighted by Gasteiger charge is -2.33. The number of carbonyl (C=O) groups excluding carboxylic acids is 1. The molecule has 0 bridgehead atoms. The van der Waals surface area contributed by atoms with Crippen LogP contribution in [0.2, 0.25) is 5.02 Å². The molecular weight excluding hydrogens is 364 g/mol. The molecule has 2 aromatic carbocycles. The van der Waals surface area contributed by atoms with Crippen molar-refractivity contribution in [1.29, 1.82) is 0 Å². The Balaban J connectivity index is 1.97. The highest BCUT2D eigenvalue weighted by atomic mass is 35.5. The Hall–Kier alpha value is -2.25. The lowest BCUT2D eigenvalue weighted by molar-refractivity contribution is -0.117. The summed E-state index contributed by atoms with van der Waals surface area (Å²) in [6.45, 7) is 3.71. The zero-order valence-electron chi connectivity index (χ0n) is 13.7. The number of hydrogen-bond acceptors (Lipinski definition) is 4. The van der Waals surface area contributed by atoms with Crippen LogP contribution in [0, 0.1) is 0 Å². The smallest absolute Gasteiger partial charge is 0.262 e. The van der Waals surface area contributed by atoms with Crippen molar-refractivity contribution in [3.05, 3.63) is 47.5 Å². The molecule has 0 aromatic heterocycles. The van der Waals surface area contributed by atoms with E-state index < -0.39 is 10.0 Å². The fourth-order valence-electron chi connectivity index (χ4n) is 2.63. The highest BCUT2D eigenvalue weighted by molar-refractivity contribution is 7.92. The van der Waals surface area contributed by atoms with Gasteiger partial charge in [-0.05, 0) is 31.2 Å². The Morgan fingerprint density at radius 3 is 2.68 bits per heavy atom. The van der Waals surface area contributed by atoms with Gasteiger partial charge >= 0.3 is 0 Å². The Bertz CT molecular complexity index is 930. The average Bonchev–Trinajstić information content (AvgIpc) is 2.55. The van der Waals surface area contributed by atoms with Crippen molar-refractivity contribution in [2.75, 3.05) is 16.2 Å². The third-order valence-electron chi connectivity index (χ3n) is 3.80. The highest BCUT2D eigenvalue weighted by Gasteiger charge is 2.27. The average molecular weight is 381 g/mol.